The molecule has 4 heteroatoms. The molecule has 1 N–H and O–H groups in total. The Kier molecular flexibility index (Phi) is 4.21. The van der Waals surface area contributed by atoms with Gasteiger partial charge < -0.3 is 10.1 Å². The second kappa shape index (κ2) is 6.07. The molecule has 0 saturated carbocycles. The van der Waals surface area contributed by atoms with Gasteiger partial charge in [-0.2, -0.15) is 0 Å². The van der Waals surface area contributed by atoms with Crippen LogP contribution in [0.4, 0.5) is 0 Å². The van der Waals surface area contributed by atoms with E-state index in [0.717, 1.165) is 42.8 Å². The van der Waals surface area contributed by atoms with Gasteiger partial charge in [-0.3, -0.25) is 0 Å². The van der Waals surface area contributed by atoms with Gasteiger partial charge in [-0.1, -0.05) is 22.0 Å². The number of thiophene rings is 1. The first-order chi connectivity index (χ1) is 9.33. The molecular formula is C15H16BrNOS. The topological polar surface area (TPSA) is 21.3 Å². The first kappa shape index (κ1) is 13.2. The van der Waals surface area contributed by atoms with Crippen LogP contribution in [-0.2, 0) is 19.4 Å². The van der Waals surface area contributed by atoms with E-state index in [1.807, 2.05) is 11.3 Å². The van der Waals surface area contributed by atoms with E-state index in [1.165, 1.54) is 16.0 Å². The standard InChI is InChI=1S/C15H16BrNOS/c16-13-8-11-4-6-18-15(11)12(9-13)10-17-5-3-14-2-1-7-19-14/h1-2,7-9,17H,3-6,10H2. The number of fused-ring (bicyclic) bond motifs is 1. The van der Waals surface area contributed by atoms with Gasteiger partial charge in [0.2, 0.25) is 0 Å². The number of benzene rings is 1. The van der Waals surface area contributed by atoms with Crippen LogP contribution in [-0.4, -0.2) is 13.2 Å². The summed E-state index contributed by atoms with van der Waals surface area (Å²) in [6.45, 7) is 2.68. The van der Waals surface area contributed by atoms with E-state index in [0.29, 0.717) is 0 Å². The fourth-order valence-electron chi connectivity index (χ4n) is 2.37. The average molecular weight is 338 g/mol. The van der Waals surface area contributed by atoms with Gasteiger partial charge in [0.05, 0.1) is 6.61 Å². The fraction of sp³-hybridized carbons (Fsp3) is 0.333. The van der Waals surface area contributed by atoms with Crippen LogP contribution in [0.15, 0.2) is 34.1 Å². The lowest BCUT2D eigenvalue weighted by Crippen LogP contribution is -2.16. The Labute approximate surface area is 125 Å². The minimum atomic E-state index is 0.813. The summed E-state index contributed by atoms with van der Waals surface area (Å²) < 4.78 is 6.87. The number of nitrogens with one attached hydrogen (secondary N) is 1. The van der Waals surface area contributed by atoms with Crippen molar-refractivity contribution in [3.05, 3.63) is 50.1 Å². The molecule has 1 aliphatic rings. The van der Waals surface area contributed by atoms with Crippen molar-refractivity contribution in [3.63, 3.8) is 0 Å². The monoisotopic (exact) mass is 337 g/mol. The molecule has 0 bridgehead atoms. The van der Waals surface area contributed by atoms with Crippen LogP contribution in [0.3, 0.4) is 0 Å². The highest BCUT2D eigenvalue weighted by molar-refractivity contribution is 9.10. The Hall–Kier alpha value is -0.840. The Balaban J connectivity index is 1.58. The number of ether oxygens (including phenoxy) is 1. The average Bonchev–Trinajstić information content (AvgIpc) is 3.04. The summed E-state index contributed by atoms with van der Waals surface area (Å²) in [7, 11) is 0. The molecule has 3 rings (SSSR count). The molecule has 19 heavy (non-hydrogen) atoms. The van der Waals surface area contributed by atoms with Crippen LogP contribution in [0.5, 0.6) is 5.75 Å². The zero-order valence-electron chi connectivity index (χ0n) is 10.6. The van der Waals surface area contributed by atoms with Gasteiger partial charge in [0, 0.05) is 34.4 Å². The zero-order valence-corrected chi connectivity index (χ0v) is 13.0. The van der Waals surface area contributed by atoms with Crippen LogP contribution >= 0.6 is 27.3 Å². The molecule has 0 spiro atoms. The summed E-state index contributed by atoms with van der Waals surface area (Å²) >= 11 is 5.39. The lowest BCUT2D eigenvalue weighted by atomic mass is 10.1. The Morgan fingerprint density at radius 1 is 1.37 bits per heavy atom. The molecule has 1 aromatic carbocycles. The van der Waals surface area contributed by atoms with Gasteiger partial charge in [-0.25, -0.2) is 0 Å². The molecule has 2 heterocycles. The predicted molar refractivity (Wildman–Crippen MR) is 83.1 cm³/mol. The van der Waals surface area contributed by atoms with E-state index in [9.17, 15) is 0 Å². The molecule has 1 aliphatic heterocycles. The van der Waals surface area contributed by atoms with Gasteiger partial charge in [0.25, 0.3) is 0 Å². The summed E-state index contributed by atoms with van der Waals surface area (Å²) in [5, 5.41) is 5.63. The molecule has 2 aromatic rings. The quantitative estimate of drug-likeness (QED) is 0.838. The summed E-state index contributed by atoms with van der Waals surface area (Å²) in [6, 6.07) is 8.61. The van der Waals surface area contributed by atoms with Crippen molar-refractivity contribution in [1.29, 1.82) is 0 Å². The predicted octanol–water partition coefficient (Wildman–Crippen LogP) is 3.78. The van der Waals surface area contributed by atoms with E-state index >= 15 is 0 Å². The van der Waals surface area contributed by atoms with Crippen molar-refractivity contribution in [2.45, 2.75) is 19.4 Å². The van der Waals surface area contributed by atoms with Crippen LogP contribution in [0, 0.1) is 0 Å². The Morgan fingerprint density at radius 2 is 2.32 bits per heavy atom. The van der Waals surface area contributed by atoms with E-state index in [2.05, 4.69) is 50.9 Å². The van der Waals surface area contributed by atoms with E-state index < -0.39 is 0 Å². The molecule has 0 unspecified atom stereocenters. The third-order valence-electron chi connectivity index (χ3n) is 3.27. The third-order valence-corrected chi connectivity index (χ3v) is 4.66. The largest absolute Gasteiger partial charge is 0.493 e. The first-order valence-corrected chi connectivity index (χ1v) is 8.17. The minimum absolute atomic E-state index is 0.813. The SMILES string of the molecule is Brc1cc2c(c(CNCCc3cccs3)c1)OCC2. The Morgan fingerprint density at radius 3 is 3.16 bits per heavy atom. The molecule has 0 amide bonds. The van der Waals surface area contributed by atoms with Gasteiger partial charge in [-0.15, -0.1) is 11.3 Å². The molecule has 0 aliphatic carbocycles. The molecule has 100 valence electrons. The maximum Gasteiger partial charge on any atom is 0.127 e. The van der Waals surface area contributed by atoms with Gasteiger partial charge in [0.15, 0.2) is 0 Å². The smallest absolute Gasteiger partial charge is 0.127 e. The summed E-state index contributed by atoms with van der Waals surface area (Å²) in [4.78, 5) is 1.43. The maximum absolute atomic E-state index is 5.73. The van der Waals surface area contributed by atoms with Crippen LogP contribution in [0.25, 0.3) is 0 Å². The van der Waals surface area contributed by atoms with Crippen molar-refractivity contribution >= 4 is 27.3 Å². The van der Waals surface area contributed by atoms with Crippen LogP contribution in [0.2, 0.25) is 0 Å². The highest BCUT2D eigenvalue weighted by Gasteiger charge is 2.16. The third kappa shape index (κ3) is 3.19. The summed E-state index contributed by atoms with van der Waals surface area (Å²) in [5.74, 6) is 1.09. The minimum Gasteiger partial charge on any atom is -0.493 e. The van der Waals surface area contributed by atoms with Crippen molar-refractivity contribution in [1.82, 2.24) is 5.32 Å². The molecule has 2 nitrogen and oxygen atoms in total. The van der Waals surface area contributed by atoms with Crippen molar-refractivity contribution in [2.24, 2.45) is 0 Å². The summed E-state index contributed by atoms with van der Waals surface area (Å²) in [6.07, 6.45) is 2.12. The fourth-order valence-corrected chi connectivity index (χ4v) is 3.63. The van der Waals surface area contributed by atoms with Gasteiger partial charge >= 0.3 is 0 Å². The van der Waals surface area contributed by atoms with Crippen molar-refractivity contribution < 1.29 is 4.74 Å². The zero-order chi connectivity index (χ0) is 13.1. The highest BCUT2D eigenvalue weighted by atomic mass is 79.9. The van der Waals surface area contributed by atoms with Crippen LogP contribution < -0.4 is 10.1 Å². The molecule has 0 atom stereocenters. The molecule has 1 aromatic heterocycles. The Bertz CT molecular complexity index is 554. The first-order valence-electron chi connectivity index (χ1n) is 6.50. The molecule has 0 fully saturated rings. The van der Waals surface area contributed by atoms with E-state index in [1.54, 1.807) is 0 Å². The van der Waals surface area contributed by atoms with Crippen LogP contribution in [0.1, 0.15) is 16.0 Å². The maximum atomic E-state index is 5.73. The lowest BCUT2D eigenvalue weighted by molar-refractivity contribution is 0.352. The van der Waals surface area contributed by atoms with E-state index in [4.69, 9.17) is 4.74 Å². The molecular weight excluding hydrogens is 322 g/mol. The number of halogens is 1. The van der Waals surface area contributed by atoms with E-state index in [-0.39, 0.29) is 0 Å². The highest BCUT2D eigenvalue weighted by Crippen LogP contribution is 2.32. The second-order valence-electron chi connectivity index (χ2n) is 4.66. The summed E-state index contributed by atoms with van der Waals surface area (Å²) in [5.41, 5.74) is 2.58. The van der Waals surface area contributed by atoms with Gasteiger partial charge in [0.1, 0.15) is 5.75 Å². The number of hydrogen-bond donors (Lipinski definition) is 1. The molecule has 0 saturated heterocycles. The number of hydrogen-bond acceptors (Lipinski definition) is 3. The van der Waals surface area contributed by atoms with Crippen molar-refractivity contribution in [3.8, 4) is 5.75 Å². The normalized spacial score (nSPS) is 13.3. The number of rotatable bonds is 5. The van der Waals surface area contributed by atoms with Crippen molar-refractivity contribution in [2.75, 3.05) is 13.2 Å². The van der Waals surface area contributed by atoms with Gasteiger partial charge in [-0.05, 0) is 35.6 Å². The molecule has 0 radical (unpaired) electrons. The second-order valence-corrected chi connectivity index (χ2v) is 6.61. The lowest BCUT2D eigenvalue weighted by Gasteiger charge is -2.10.